The molecule has 0 aliphatic rings. The fourth-order valence-corrected chi connectivity index (χ4v) is 1.26. The van der Waals surface area contributed by atoms with E-state index < -0.39 is 0 Å². The van der Waals surface area contributed by atoms with Gasteiger partial charge in [0.1, 0.15) is 11.6 Å². The number of nitrogens with one attached hydrogen (secondary N) is 2. The van der Waals surface area contributed by atoms with Crippen molar-refractivity contribution in [3.63, 3.8) is 0 Å². The normalized spacial score (nSPS) is 10.2. The molecule has 1 rings (SSSR count). The van der Waals surface area contributed by atoms with Gasteiger partial charge in [0.15, 0.2) is 0 Å². The predicted molar refractivity (Wildman–Crippen MR) is 70.5 cm³/mol. The lowest BCUT2D eigenvalue weighted by atomic mass is 10.4. The molecule has 1 aromatic rings. The molecule has 0 unspecified atom stereocenters. The fraction of sp³-hybridized carbons (Fsp3) is 0.167. The van der Waals surface area contributed by atoms with Crippen LogP contribution in [0.5, 0.6) is 0 Å². The smallest absolute Gasteiger partial charge is 0.320 e. The third-order valence-electron chi connectivity index (χ3n) is 1.97. The van der Waals surface area contributed by atoms with Crippen molar-refractivity contribution >= 4 is 24.1 Å². The fourth-order valence-electron chi connectivity index (χ4n) is 1.26. The minimum atomic E-state index is -0.269. The molecule has 17 heavy (non-hydrogen) atoms. The van der Waals surface area contributed by atoms with Gasteiger partial charge in [0, 0.05) is 12.7 Å². The molecule has 5 heteroatoms. The van der Waals surface area contributed by atoms with Crippen LogP contribution in [0.25, 0.3) is 12.3 Å². The number of anilines is 1. The Morgan fingerprint density at radius 1 is 1.59 bits per heavy atom. The molecule has 0 saturated heterocycles. The molecule has 0 saturated carbocycles. The maximum Gasteiger partial charge on any atom is 0.320 e. The first-order valence-electron chi connectivity index (χ1n) is 5.26. The summed E-state index contributed by atoms with van der Waals surface area (Å²) in [6.07, 6.45) is 8.34. The van der Waals surface area contributed by atoms with E-state index in [4.69, 9.17) is 0 Å². The minimum Gasteiger partial charge on any atom is -0.338 e. The second-order valence-electron chi connectivity index (χ2n) is 3.13. The van der Waals surface area contributed by atoms with Gasteiger partial charge in [0.05, 0.1) is 6.20 Å². The van der Waals surface area contributed by atoms with E-state index in [0.29, 0.717) is 18.2 Å². The molecule has 0 fully saturated rings. The van der Waals surface area contributed by atoms with Crippen LogP contribution in [0.15, 0.2) is 31.5 Å². The van der Waals surface area contributed by atoms with E-state index in [-0.39, 0.29) is 6.03 Å². The Morgan fingerprint density at radius 3 is 2.94 bits per heavy atom. The Bertz CT molecular complexity index is 445. The van der Waals surface area contributed by atoms with Crippen molar-refractivity contribution in [2.24, 2.45) is 0 Å². The van der Waals surface area contributed by atoms with Crippen molar-refractivity contribution in [2.45, 2.75) is 6.92 Å². The van der Waals surface area contributed by atoms with Gasteiger partial charge in [-0.25, -0.2) is 9.78 Å². The Hall–Kier alpha value is -2.30. The summed E-state index contributed by atoms with van der Waals surface area (Å²) in [4.78, 5) is 15.5. The number of amides is 2. The number of nitrogens with zero attached hydrogens (tertiary/aromatic N) is 2. The van der Waals surface area contributed by atoms with Gasteiger partial charge < -0.3 is 5.32 Å². The van der Waals surface area contributed by atoms with Gasteiger partial charge >= 0.3 is 6.03 Å². The van der Waals surface area contributed by atoms with Crippen LogP contribution in [0, 0.1) is 0 Å². The second kappa shape index (κ2) is 6.32. The number of rotatable bonds is 5. The van der Waals surface area contributed by atoms with Crippen molar-refractivity contribution in [1.82, 2.24) is 14.9 Å². The number of aromatic nitrogens is 2. The highest BCUT2D eigenvalue weighted by molar-refractivity contribution is 5.88. The summed E-state index contributed by atoms with van der Waals surface area (Å²) in [5, 5.41) is 5.32. The van der Waals surface area contributed by atoms with Gasteiger partial charge in [0.2, 0.25) is 0 Å². The number of hydrogen-bond donors (Lipinski definition) is 2. The van der Waals surface area contributed by atoms with Gasteiger partial charge in [-0.2, -0.15) is 0 Å². The monoisotopic (exact) mass is 232 g/mol. The van der Waals surface area contributed by atoms with Crippen molar-refractivity contribution in [3.8, 4) is 0 Å². The molecule has 0 bridgehead atoms. The molecule has 2 amide bonds. The SMILES string of the molecule is C=C/C=C\c1ncc(NC(=O)NCC)n1C=C. The standard InChI is InChI=1S/C12H16N4O/c1-4-7-8-10-14-9-11(16(10)6-3)15-12(17)13-5-2/h4,6-9H,1,3,5H2,2H3,(H2,13,15,17)/b8-7-. The lowest BCUT2D eigenvalue weighted by Gasteiger charge is -2.06. The Labute approximate surface area is 101 Å². The van der Waals surface area contributed by atoms with Crippen LogP contribution >= 0.6 is 0 Å². The molecule has 1 aromatic heterocycles. The average molecular weight is 232 g/mol. The van der Waals surface area contributed by atoms with E-state index in [1.54, 1.807) is 35.2 Å². The maximum atomic E-state index is 11.4. The number of hydrogen-bond acceptors (Lipinski definition) is 2. The molecule has 1 heterocycles. The van der Waals surface area contributed by atoms with Crippen LogP contribution in [-0.2, 0) is 0 Å². The Balaban J connectivity index is 2.90. The first-order chi connectivity index (χ1) is 8.22. The van der Waals surface area contributed by atoms with E-state index in [2.05, 4.69) is 28.8 Å². The minimum absolute atomic E-state index is 0.269. The summed E-state index contributed by atoms with van der Waals surface area (Å²) in [5.74, 6) is 1.24. The van der Waals surface area contributed by atoms with E-state index in [0.717, 1.165) is 0 Å². The second-order valence-corrected chi connectivity index (χ2v) is 3.13. The molecule has 0 aliphatic carbocycles. The highest BCUT2D eigenvalue weighted by atomic mass is 16.2. The number of allylic oxidation sites excluding steroid dienone is 2. The summed E-state index contributed by atoms with van der Waals surface area (Å²) in [6, 6.07) is -0.269. The lowest BCUT2D eigenvalue weighted by Crippen LogP contribution is -2.28. The van der Waals surface area contributed by atoms with Gasteiger partial charge in [-0.15, -0.1) is 0 Å². The number of carbonyl (C=O) groups is 1. The molecule has 2 N–H and O–H groups in total. The van der Waals surface area contributed by atoms with E-state index in [9.17, 15) is 4.79 Å². The molecule has 0 aliphatic heterocycles. The molecule has 90 valence electrons. The van der Waals surface area contributed by atoms with Crippen molar-refractivity contribution < 1.29 is 4.79 Å². The summed E-state index contributed by atoms with van der Waals surface area (Å²) in [7, 11) is 0. The van der Waals surface area contributed by atoms with E-state index in [1.807, 2.05) is 6.92 Å². The number of imidazole rings is 1. The van der Waals surface area contributed by atoms with E-state index in [1.165, 1.54) is 0 Å². The molecule has 5 nitrogen and oxygen atoms in total. The summed E-state index contributed by atoms with van der Waals surface area (Å²) < 4.78 is 1.68. The van der Waals surface area contributed by atoms with Gasteiger partial charge in [-0.05, 0) is 13.0 Å². The van der Waals surface area contributed by atoms with Gasteiger partial charge in [-0.3, -0.25) is 9.88 Å². The van der Waals surface area contributed by atoms with Crippen LogP contribution in [-0.4, -0.2) is 22.1 Å². The molecule has 0 spiro atoms. The first-order valence-corrected chi connectivity index (χ1v) is 5.26. The maximum absolute atomic E-state index is 11.4. The number of urea groups is 1. The van der Waals surface area contributed by atoms with Crippen LogP contribution in [0.4, 0.5) is 10.6 Å². The van der Waals surface area contributed by atoms with Crippen molar-refractivity contribution in [3.05, 3.63) is 37.3 Å². The third-order valence-corrected chi connectivity index (χ3v) is 1.97. The third kappa shape index (κ3) is 3.34. The van der Waals surface area contributed by atoms with Gasteiger partial charge in [0.25, 0.3) is 0 Å². The van der Waals surface area contributed by atoms with Crippen LogP contribution < -0.4 is 10.6 Å². The average Bonchev–Trinajstić information content (AvgIpc) is 2.68. The predicted octanol–water partition coefficient (Wildman–Crippen LogP) is 2.32. The van der Waals surface area contributed by atoms with Crippen molar-refractivity contribution in [2.75, 3.05) is 11.9 Å². The quantitative estimate of drug-likeness (QED) is 0.765. The van der Waals surface area contributed by atoms with Gasteiger partial charge in [-0.1, -0.05) is 25.3 Å². The molecular formula is C12H16N4O. The number of carbonyl (C=O) groups excluding carboxylic acids is 1. The lowest BCUT2D eigenvalue weighted by molar-refractivity contribution is 0.252. The molecule has 0 aromatic carbocycles. The van der Waals surface area contributed by atoms with E-state index >= 15 is 0 Å². The zero-order valence-electron chi connectivity index (χ0n) is 9.81. The largest absolute Gasteiger partial charge is 0.338 e. The zero-order valence-corrected chi connectivity index (χ0v) is 9.81. The molecular weight excluding hydrogens is 216 g/mol. The van der Waals surface area contributed by atoms with Crippen LogP contribution in [0.3, 0.4) is 0 Å². The first kappa shape index (κ1) is 12.8. The van der Waals surface area contributed by atoms with Crippen LogP contribution in [0.2, 0.25) is 0 Å². The van der Waals surface area contributed by atoms with Crippen LogP contribution in [0.1, 0.15) is 12.7 Å². The zero-order chi connectivity index (χ0) is 12.7. The molecule has 0 radical (unpaired) electrons. The van der Waals surface area contributed by atoms with Crippen molar-refractivity contribution in [1.29, 1.82) is 0 Å². The summed E-state index contributed by atoms with van der Waals surface area (Å²) >= 11 is 0. The topological polar surface area (TPSA) is 59.0 Å². The highest BCUT2D eigenvalue weighted by Crippen LogP contribution is 2.12. The Morgan fingerprint density at radius 2 is 2.35 bits per heavy atom. The molecule has 0 atom stereocenters. The summed E-state index contributed by atoms with van der Waals surface area (Å²) in [6.45, 7) is 9.68. The summed E-state index contributed by atoms with van der Waals surface area (Å²) in [5.41, 5.74) is 0. The highest BCUT2D eigenvalue weighted by Gasteiger charge is 2.07. The Kier molecular flexibility index (Phi) is 4.75.